The highest BCUT2D eigenvalue weighted by Gasteiger charge is 2.38. The fourth-order valence-electron chi connectivity index (χ4n) is 2.40. The van der Waals surface area contributed by atoms with E-state index in [4.69, 9.17) is 11.6 Å². The quantitative estimate of drug-likeness (QED) is 0.872. The third kappa shape index (κ3) is 3.49. The number of alkyl halides is 3. The zero-order chi connectivity index (χ0) is 15.7. The van der Waals surface area contributed by atoms with Crippen molar-refractivity contribution in [3.63, 3.8) is 0 Å². The Morgan fingerprint density at radius 3 is 2.71 bits per heavy atom. The summed E-state index contributed by atoms with van der Waals surface area (Å²) in [5.74, 6) is -0.451. The highest BCUT2D eigenvalue weighted by molar-refractivity contribution is 6.34. The summed E-state index contributed by atoms with van der Waals surface area (Å²) < 4.78 is 39.0. The number of carbonyl (C=O) groups is 1. The number of halogens is 4. The number of para-hydroxylation sites is 1. The largest absolute Gasteiger partial charge is 0.418 e. The van der Waals surface area contributed by atoms with Gasteiger partial charge in [-0.15, -0.1) is 0 Å². The number of benzene rings is 1. The van der Waals surface area contributed by atoms with Gasteiger partial charge in [0.2, 0.25) is 5.91 Å². The molecule has 0 aromatic heterocycles. The van der Waals surface area contributed by atoms with Crippen LogP contribution in [0.4, 0.5) is 18.9 Å². The minimum atomic E-state index is -4.57. The first-order valence-electron chi connectivity index (χ1n) is 6.62. The van der Waals surface area contributed by atoms with Crippen LogP contribution in [0.15, 0.2) is 18.2 Å². The van der Waals surface area contributed by atoms with Crippen LogP contribution in [0.25, 0.3) is 0 Å². The van der Waals surface area contributed by atoms with E-state index >= 15 is 0 Å². The van der Waals surface area contributed by atoms with E-state index in [1.807, 2.05) is 0 Å². The molecule has 1 amide bonds. The molecule has 1 saturated heterocycles. The number of nitrogens with one attached hydrogen (secondary N) is 2. The molecule has 2 rings (SSSR count). The predicted molar refractivity (Wildman–Crippen MR) is 75.3 cm³/mol. The second kappa shape index (κ2) is 5.85. The fourth-order valence-corrected chi connectivity index (χ4v) is 2.62. The van der Waals surface area contributed by atoms with Gasteiger partial charge >= 0.3 is 6.18 Å². The van der Waals surface area contributed by atoms with E-state index in [1.165, 1.54) is 12.1 Å². The van der Waals surface area contributed by atoms with Crippen LogP contribution in [0.2, 0.25) is 5.02 Å². The van der Waals surface area contributed by atoms with Crippen LogP contribution >= 0.6 is 11.6 Å². The summed E-state index contributed by atoms with van der Waals surface area (Å²) >= 11 is 5.83. The molecule has 21 heavy (non-hydrogen) atoms. The molecule has 7 heteroatoms. The number of carbonyl (C=O) groups excluding carboxylic acids is 1. The lowest BCUT2D eigenvalue weighted by Gasteiger charge is -2.33. The van der Waals surface area contributed by atoms with E-state index in [2.05, 4.69) is 10.6 Å². The molecule has 0 saturated carbocycles. The van der Waals surface area contributed by atoms with Gasteiger partial charge in [0.25, 0.3) is 0 Å². The highest BCUT2D eigenvalue weighted by atomic mass is 35.5. The van der Waals surface area contributed by atoms with Crippen molar-refractivity contribution in [3.8, 4) is 0 Å². The summed E-state index contributed by atoms with van der Waals surface area (Å²) in [5, 5.41) is 5.33. The Balaban J connectivity index is 2.29. The van der Waals surface area contributed by atoms with E-state index < -0.39 is 23.1 Å². The molecule has 0 aliphatic carbocycles. The number of rotatable bonds is 2. The molecule has 2 N–H and O–H groups in total. The van der Waals surface area contributed by atoms with E-state index in [9.17, 15) is 18.0 Å². The summed E-state index contributed by atoms with van der Waals surface area (Å²) in [7, 11) is 0. The molecule has 0 radical (unpaired) electrons. The molecule has 3 nitrogen and oxygen atoms in total. The van der Waals surface area contributed by atoms with Crippen molar-refractivity contribution >= 4 is 23.2 Å². The van der Waals surface area contributed by atoms with Crippen LogP contribution in [0.5, 0.6) is 0 Å². The molecule has 1 heterocycles. The number of amides is 1. The first kappa shape index (κ1) is 16.1. The molecule has 116 valence electrons. The van der Waals surface area contributed by atoms with Gasteiger partial charge in [0.05, 0.1) is 21.7 Å². The Hall–Kier alpha value is -1.27. The van der Waals surface area contributed by atoms with Crippen LogP contribution in [-0.2, 0) is 11.0 Å². The summed E-state index contributed by atoms with van der Waals surface area (Å²) in [6.07, 6.45) is -3.14. The predicted octanol–water partition coefficient (Wildman–Crippen LogP) is 3.69. The van der Waals surface area contributed by atoms with Crippen LogP contribution in [0, 0.1) is 5.41 Å². The Kier molecular flexibility index (Phi) is 4.49. The number of hydrogen-bond donors (Lipinski definition) is 2. The molecular formula is C14H16ClF3N2O. The molecule has 0 bridgehead atoms. The van der Waals surface area contributed by atoms with Gasteiger partial charge < -0.3 is 10.6 Å². The maximum atomic E-state index is 13.0. The molecule has 1 aromatic carbocycles. The number of hydrogen-bond acceptors (Lipinski definition) is 2. The molecular weight excluding hydrogens is 305 g/mol. The van der Waals surface area contributed by atoms with Gasteiger partial charge in [-0.05, 0) is 38.4 Å². The van der Waals surface area contributed by atoms with Crippen LogP contribution < -0.4 is 10.6 Å². The Bertz CT molecular complexity index is 540. The van der Waals surface area contributed by atoms with Gasteiger partial charge in [-0.25, -0.2) is 0 Å². The van der Waals surface area contributed by atoms with Crippen LogP contribution in [0.1, 0.15) is 25.3 Å². The molecule has 1 aliphatic rings. The highest BCUT2D eigenvalue weighted by Crippen LogP contribution is 2.39. The third-order valence-corrected chi connectivity index (χ3v) is 4.02. The lowest BCUT2D eigenvalue weighted by atomic mass is 9.82. The Morgan fingerprint density at radius 1 is 1.43 bits per heavy atom. The second-order valence-electron chi connectivity index (χ2n) is 5.46. The summed E-state index contributed by atoms with van der Waals surface area (Å²) in [5.41, 5.74) is -2.04. The van der Waals surface area contributed by atoms with Crippen LogP contribution in [-0.4, -0.2) is 19.0 Å². The first-order chi connectivity index (χ1) is 9.74. The van der Waals surface area contributed by atoms with Gasteiger partial charge in [-0.1, -0.05) is 17.7 Å². The maximum Gasteiger partial charge on any atom is 0.418 e. The average Bonchev–Trinajstić information content (AvgIpc) is 2.40. The summed E-state index contributed by atoms with van der Waals surface area (Å²) in [6, 6.07) is 3.45. The standard InChI is InChI=1S/C14H16ClF3N2O/c1-13(6-3-7-19-8-13)12(21)20-11-9(14(16,17)18)4-2-5-10(11)15/h2,4-5,19H,3,6-8H2,1H3,(H,20,21). The minimum absolute atomic E-state index is 0.120. The first-order valence-corrected chi connectivity index (χ1v) is 7.00. The molecule has 1 atom stereocenters. The van der Waals surface area contributed by atoms with Crippen molar-refractivity contribution < 1.29 is 18.0 Å². The van der Waals surface area contributed by atoms with Crippen molar-refractivity contribution in [1.29, 1.82) is 0 Å². The lowest BCUT2D eigenvalue weighted by Crippen LogP contribution is -2.46. The SMILES string of the molecule is CC1(C(=O)Nc2c(Cl)cccc2C(F)(F)F)CCCNC1. The summed E-state index contributed by atoms with van der Waals surface area (Å²) in [6.45, 7) is 2.98. The molecule has 1 aromatic rings. The van der Waals surface area contributed by atoms with E-state index in [0.29, 0.717) is 13.0 Å². The van der Waals surface area contributed by atoms with Crippen LogP contribution in [0.3, 0.4) is 0 Å². The molecule has 1 aliphatic heterocycles. The van der Waals surface area contributed by atoms with Gasteiger partial charge in [-0.3, -0.25) is 4.79 Å². The number of piperidine rings is 1. The molecule has 1 unspecified atom stereocenters. The average molecular weight is 321 g/mol. The van der Waals surface area contributed by atoms with Crippen molar-refractivity contribution in [2.24, 2.45) is 5.41 Å². The van der Waals surface area contributed by atoms with Crippen molar-refractivity contribution in [2.45, 2.75) is 25.9 Å². The van der Waals surface area contributed by atoms with Crippen molar-refractivity contribution in [2.75, 3.05) is 18.4 Å². The van der Waals surface area contributed by atoms with Crippen molar-refractivity contribution in [3.05, 3.63) is 28.8 Å². The minimum Gasteiger partial charge on any atom is -0.324 e. The summed E-state index contributed by atoms with van der Waals surface area (Å²) in [4.78, 5) is 12.3. The Labute approximate surface area is 125 Å². The molecule has 1 fully saturated rings. The van der Waals surface area contributed by atoms with Gasteiger partial charge in [0.1, 0.15) is 0 Å². The lowest BCUT2D eigenvalue weighted by molar-refractivity contribution is -0.137. The van der Waals surface area contributed by atoms with Gasteiger partial charge in [0, 0.05) is 6.54 Å². The smallest absolute Gasteiger partial charge is 0.324 e. The van der Waals surface area contributed by atoms with E-state index in [1.54, 1.807) is 6.92 Å². The zero-order valence-electron chi connectivity index (χ0n) is 11.5. The van der Waals surface area contributed by atoms with E-state index in [-0.39, 0.29) is 10.7 Å². The van der Waals surface area contributed by atoms with Gasteiger partial charge in [-0.2, -0.15) is 13.2 Å². The van der Waals surface area contributed by atoms with E-state index in [0.717, 1.165) is 19.0 Å². The third-order valence-electron chi connectivity index (χ3n) is 3.70. The second-order valence-corrected chi connectivity index (χ2v) is 5.86. The van der Waals surface area contributed by atoms with Gasteiger partial charge in [0.15, 0.2) is 0 Å². The normalized spacial score (nSPS) is 22.9. The fraction of sp³-hybridized carbons (Fsp3) is 0.500. The maximum absolute atomic E-state index is 13.0. The Morgan fingerprint density at radius 2 is 2.14 bits per heavy atom. The zero-order valence-corrected chi connectivity index (χ0v) is 12.2. The van der Waals surface area contributed by atoms with Crippen molar-refractivity contribution in [1.82, 2.24) is 5.32 Å². The molecule has 0 spiro atoms. The monoisotopic (exact) mass is 320 g/mol. The number of anilines is 1. The topological polar surface area (TPSA) is 41.1 Å².